The molecule has 21 heavy (non-hydrogen) atoms. The Balaban J connectivity index is 1.82. The first-order valence-electron chi connectivity index (χ1n) is 7.67. The molecule has 0 radical (unpaired) electrons. The molecule has 1 aliphatic rings. The van der Waals surface area contributed by atoms with Crippen molar-refractivity contribution in [1.29, 1.82) is 0 Å². The van der Waals surface area contributed by atoms with Crippen molar-refractivity contribution >= 4 is 23.5 Å². The zero-order chi connectivity index (χ0) is 15.1. The third kappa shape index (κ3) is 5.25. The topological polar surface area (TPSA) is 53.2 Å². The molecule has 0 saturated carbocycles. The average Bonchev–Trinajstić information content (AvgIpc) is 2.98. The molecule has 1 saturated heterocycles. The second kappa shape index (κ2) is 8.29. The number of rotatable bonds is 6. The van der Waals surface area contributed by atoms with Crippen LogP contribution in [0.1, 0.15) is 38.3 Å². The van der Waals surface area contributed by atoms with Gasteiger partial charge in [0.15, 0.2) is 0 Å². The monoisotopic (exact) mass is 307 g/mol. The average molecular weight is 307 g/mol. The number of nitrogens with one attached hydrogen (secondary N) is 3. The second-order valence-electron chi connectivity index (χ2n) is 5.46. The van der Waals surface area contributed by atoms with Gasteiger partial charge in [0.2, 0.25) is 0 Å². The molecule has 2 atom stereocenters. The smallest absolute Gasteiger partial charge is 0.319 e. The normalized spacial score (nSPS) is 19.2. The first kappa shape index (κ1) is 16.2. The first-order valence-corrected chi connectivity index (χ1v) is 8.83. The van der Waals surface area contributed by atoms with E-state index in [-0.39, 0.29) is 6.03 Å². The van der Waals surface area contributed by atoms with E-state index in [2.05, 4.69) is 41.9 Å². The van der Waals surface area contributed by atoms with Crippen LogP contribution in [0.4, 0.5) is 10.5 Å². The van der Waals surface area contributed by atoms with Crippen LogP contribution in [0.15, 0.2) is 24.3 Å². The van der Waals surface area contributed by atoms with Crippen molar-refractivity contribution in [3.8, 4) is 0 Å². The van der Waals surface area contributed by atoms with E-state index in [1.54, 1.807) is 0 Å². The maximum atomic E-state index is 11.9. The van der Waals surface area contributed by atoms with Crippen LogP contribution in [0, 0.1) is 0 Å². The predicted octanol–water partition coefficient (Wildman–Crippen LogP) is 3.37. The van der Waals surface area contributed by atoms with Crippen LogP contribution >= 0.6 is 11.8 Å². The Bertz CT molecular complexity index is 443. The molecule has 0 spiro atoms. The van der Waals surface area contributed by atoms with Crippen LogP contribution in [0.2, 0.25) is 0 Å². The van der Waals surface area contributed by atoms with Crippen molar-refractivity contribution in [3.05, 3.63) is 29.8 Å². The summed E-state index contributed by atoms with van der Waals surface area (Å²) >= 11 is 1.89. The van der Waals surface area contributed by atoms with Gasteiger partial charge in [0.1, 0.15) is 0 Å². The van der Waals surface area contributed by atoms with Crippen molar-refractivity contribution < 1.29 is 4.79 Å². The third-order valence-corrected chi connectivity index (χ3v) is 4.80. The van der Waals surface area contributed by atoms with Gasteiger partial charge < -0.3 is 16.0 Å². The summed E-state index contributed by atoms with van der Waals surface area (Å²) < 4.78 is 0. The van der Waals surface area contributed by atoms with Gasteiger partial charge in [0.05, 0.1) is 0 Å². The van der Waals surface area contributed by atoms with Gasteiger partial charge >= 0.3 is 6.03 Å². The van der Waals surface area contributed by atoms with Crippen LogP contribution in [0.3, 0.4) is 0 Å². The molecule has 1 aromatic rings. The lowest BCUT2D eigenvalue weighted by Crippen LogP contribution is -2.37. The van der Waals surface area contributed by atoms with E-state index in [1.807, 2.05) is 23.9 Å². The highest BCUT2D eigenvalue weighted by Gasteiger charge is 2.17. The van der Waals surface area contributed by atoms with Crippen LogP contribution < -0.4 is 16.0 Å². The van der Waals surface area contributed by atoms with Crippen molar-refractivity contribution in [2.75, 3.05) is 23.4 Å². The van der Waals surface area contributed by atoms with Crippen molar-refractivity contribution in [1.82, 2.24) is 10.6 Å². The van der Waals surface area contributed by atoms with Crippen LogP contribution in [-0.4, -0.2) is 30.1 Å². The molecule has 0 aliphatic carbocycles. The molecule has 1 heterocycles. The molecule has 2 amide bonds. The molecule has 1 fully saturated rings. The number of hydrogen-bond acceptors (Lipinski definition) is 3. The molecule has 5 heteroatoms. The molecular weight excluding hydrogens is 282 g/mol. The van der Waals surface area contributed by atoms with Gasteiger partial charge in [0, 0.05) is 23.5 Å². The van der Waals surface area contributed by atoms with Crippen LogP contribution in [-0.2, 0) is 0 Å². The zero-order valence-corrected chi connectivity index (χ0v) is 13.6. The molecule has 3 N–H and O–H groups in total. The molecule has 1 aliphatic heterocycles. The summed E-state index contributed by atoms with van der Waals surface area (Å²) in [6, 6.07) is 8.59. The first-order chi connectivity index (χ1) is 10.2. The van der Waals surface area contributed by atoms with Gasteiger partial charge in [-0.3, -0.25) is 0 Å². The Morgan fingerprint density at radius 2 is 2.14 bits per heavy atom. The van der Waals surface area contributed by atoms with Crippen molar-refractivity contribution in [2.24, 2.45) is 0 Å². The van der Waals surface area contributed by atoms with E-state index < -0.39 is 0 Å². The highest BCUT2D eigenvalue weighted by Crippen LogP contribution is 2.18. The van der Waals surface area contributed by atoms with Gasteiger partial charge in [-0.15, -0.1) is 0 Å². The summed E-state index contributed by atoms with van der Waals surface area (Å²) in [6.07, 6.45) is 2.20. The summed E-state index contributed by atoms with van der Waals surface area (Å²) in [4.78, 5) is 11.9. The Morgan fingerprint density at radius 1 is 1.38 bits per heavy atom. The molecule has 4 nitrogen and oxygen atoms in total. The van der Waals surface area contributed by atoms with Gasteiger partial charge in [-0.2, -0.15) is 11.8 Å². The highest BCUT2D eigenvalue weighted by atomic mass is 32.2. The van der Waals surface area contributed by atoms with E-state index in [4.69, 9.17) is 0 Å². The number of carbonyl (C=O) groups is 1. The number of thioether (sulfide) groups is 1. The number of amides is 2. The molecule has 2 rings (SSSR count). The predicted molar refractivity (Wildman–Crippen MR) is 91.0 cm³/mol. The van der Waals surface area contributed by atoms with Gasteiger partial charge in [-0.1, -0.05) is 19.1 Å². The standard InChI is InChI=1S/C16H25N3OS/c1-3-9-17-12(2)13-4-6-14(7-5-13)18-16(20)19-15-8-10-21-11-15/h4-7,12,15,17H,3,8-11H2,1-2H3,(H2,18,19,20). The Morgan fingerprint density at radius 3 is 2.76 bits per heavy atom. The summed E-state index contributed by atoms with van der Waals surface area (Å²) in [5, 5.41) is 9.36. The number of hydrogen-bond donors (Lipinski definition) is 3. The minimum absolute atomic E-state index is 0.104. The SMILES string of the molecule is CCCNC(C)c1ccc(NC(=O)NC2CCSC2)cc1. The zero-order valence-electron chi connectivity index (χ0n) is 12.8. The number of carbonyl (C=O) groups excluding carboxylic acids is 1. The summed E-state index contributed by atoms with van der Waals surface area (Å²) in [5.41, 5.74) is 2.08. The lowest BCUT2D eigenvalue weighted by Gasteiger charge is -2.15. The lowest BCUT2D eigenvalue weighted by molar-refractivity contribution is 0.249. The van der Waals surface area contributed by atoms with E-state index in [0.717, 1.165) is 36.6 Å². The Hall–Kier alpha value is -1.20. The van der Waals surface area contributed by atoms with Gasteiger partial charge in [0.25, 0.3) is 0 Å². The van der Waals surface area contributed by atoms with Crippen molar-refractivity contribution in [2.45, 2.75) is 38.8 Å². The van der Waals surface area contributed by atoms with E-state index in [9.17, 15) is 4.79 Å². The Kier molecular flexibility index (Phi) is 6.39. The van der Waals surface area contributed by atoms with Gasteiger partial charge in [-0.25, -0.2) is 4.79 Å². The fraction of sp³-hybridized carbons (Fsp3) is 0.562. The maximum absolute atomic E-state index is 11.9. The molecule has 0 bridgehead atoms. The quantitative estimate of drug-likeness (QED) is 0.755. The lowest BCUT2D eigenvalue weighted by atomic mass is 10.1. The summed E-state index contributed by atoms with van der Waals surface area (Å²) in [7, 11) is 0. The minimum atomic E-state index is -0.104. The van der Waals surface area contributed by atoms with E-state index in [0.29, 0.717) is 12.1 Å². The second-order valence-corrected chi connectivity index (χ2v) is 6.61. The summed E-state index contributed by atoms with van der Waals surface area (Å²) in [5.74, 6) is 2.16. The van der Waals surface area contributed by atoms with Crippen molar-refractivity contribution in [3.63, 3.8) is 0 Å². The fourth-order valence-electron chi connectivity index (χ4n) is 2.33. The molecular formula is C16H25N3OS. The number of benzene rings is 1. The van der Waals surface area contributed by atoms with E-state index in [1.165, 1.54) is 5.56 Å². The van der Waals surface area contributed by atoms with Gasteiger partial charge in [-0.05, 0) is 49.8 Å². The van der Waals surface area contributed by atoms with Crippen LogP contribution in [0.5, 0.6) is 0 Å². The number of anilines is 1. The molecule has 1 aromatic carbocycles. The number of urea groups is 1. The Labute approximate surface area is 131 Å². The molecule has 2 unspecified atom stereocenters. The molecule has 0 aromatic heterocycles. The van der Waals surface area contributed by atoms with Crippen LogP contribution in [0.25, 0.3) is 0 Å². The fourth-order valence-corrected chi connectivity index (χ4v) is 3.49. The minimum Gasteiger partial charge on any atom is -0.334 e. The largest absolute Gasteiger partial charge is 0.334 e. The third-order valence-electron chi connectivity index (χ3n) is 3.63. The summed E-state index contributed by atoms with van der Waals surface area (Å²) in [6.45, 7) is 5.33. The molecule has 116 valence electrons. The van der Waals surface area contributed by atoms with E-state index >= 15 is 0 Å². The highest BCUT2D eigenvalue weighted by molar-refractivity contribution is 7.99. The maximum Gasteiger partial charge on any atom is 0.319 e.